The van der Waals surface area contributed by atoms with Crippen molar-refractivity contribution in [3.05, 3.63) is 69.7 Å². The van der Waals surface area contributed by atoms with E-state index in [0.717, 1.165) is 34.7 Å². The van der Waals surface area contributed by atoms with Gasteiger partial charge in [-0.25, -0.2) is 4.98 Å². The third-order valence-corrected chi connectivity index (χ3v) is 7.07. The van der Waals surface area contributed by atoms with Crippen molar-refractivity contribution in [1.29, 1.82) is 0 Å². The van der Waals surface area contributed by atoms with Crippen LogP contribution in [0.25, 0.3) is 0 Å². The maximum atomic E-state index is 13.2. The highest BCUT2D eigenvalue weighted by Gasteiger charge is 2.29. The summed E-state index contributed by atoms with van der Waals surface area (Å²) in [4.78, 5) is 17.8. The Hall–Kier alpha value is -3.06. The summed E-state index contributed by atoms with van der Waals surface area (Å²) >= 11 is 1.51. The van der Waals surface area contributed by atoms with Gasteiger partial charge in [0.05, 0.1) is 32.4 Å². The quantitative estimate of drug-likeness (QED) is 0.456. The Labute approximate surface area is 198 Å². The van der Waals surface area contributed by atoms with Crippen LogP contribution in [0.4, 0.5) is 0 Å². The first-order chi connectivity index (χ1) is 16.1. The van der Waals surface area contributed by atoms with Gasteiger partial charge in [0, 0.05) is 11.8 Å². The molecule has 1 aromatic heterocycles. The lowest BCUT2D eigenvalue weighted by Crippen LogP contribution is -2.33. The molecule has 1 heterocycles. The molecule has 0 saturated heterocycles. The van der Waals surface area contributed by atoms with E-state index in [-0.39, 0.29) is 11.9 Å². The predicted molar refractivity (Wildman–Crippen MR) is 130 cm³/mol. The van der Waals surface area contributed by atoms with Gasteiger partial charge in [0.2, 0.25) is 0 Å². The van der Waals surface area contributed by atoms with Crippen LogP contribution in [0.15, 0.2) is 47.8 Å². The van der Waals surface area contributed by atoms with Crippen LogP contribution in [0.3, 0.4) is 0 Å². The third-order valence-electron chi connectivity index (χ3n) is 6.22. The number of benzene rings is 2. The molecular formula is C26H30N2O4S. The van der Waals surface area contributed by atoms with Crippen LogP contribution in [0, 0.1) is 5.92 Å². The first kappa shape index (κ1) is 23.1. The molecule has 6 nitrogen and oxygen atoms in total. The van der Waals surface area contributed by atoms with Gasteiger partial charge < -0.3 is 19.5 Å². The number of rotatable bonds is 9. The number of methoxy groups -OCH3 is 3. The molecule has 4 rings (SSSR count). The molecule has 3 aromatic rings. The first-order valence-electron chi connectivity index (χ1n) is 11.2. The smallest absolute Gasteiger partial charge is 0.271 e. The van der Waals surface area contributed by atoms with Crippen molar-refractivity contribution in [3.8, 4) is 17.2 Å². The number of ether oxygens (including phenoxy) is 3. The van der Waals surface area contributed by atoms with Gasteiger partial charge in [0.15, 0.2) is 11.5 Å². The van der Waals surface area contributed by atoms with Crippen molar-refractivity contribution in [2.75, 3.05) is 21.3 Å². The number of carbonyl (C=O) groups is 1. The summed E-state index contributed by atoms with van der Waals surface area (Å²) in [6.07, 6.45) is 5.25. The number of thiazole rings is 1. The summed E-state index contributed by atoms with van der Waals surface area (Å²) in [6, 6.07) is 13.7. The fourth-order valence-electron chi connectivity index (χ4n) is 4.44. The van der Waals surface area contributed by atoms with Crippen molar-refractivity contribution in [1.82, 2.24) is 10.3 Å². The molecule has 0 radical (unpaired) electrons. The predicted octanol–water partition coefficient (Wildman–Crippen LogP) is 5.42. The number of amides is 1. The van der Waals surface area contributed by atoms with Crippen LogP contribution in [0.1, 0.15) is 58.3 Å². The summed E-state index contributed by atoms with van der Waals surface area (Å²) < 4.78 is 16.1. The van der Waals surface area contributed by atoms with Gasteiger partial charge in [0.25, 0.3) is 5.91 Å². The largest absolute Gasteiger partial charge is 0.497 e. The van der Waals surface area contributed by atoms with E-state index in [9.17, 15) is 4.79 Å². The minimum atomic E-state index is -0.140. The number of hydrogen-bond acceptors (Lipinski definition) is 6. The number of nitrogens with one attached hydrogen (secondary N) is 1. The zero-order valence-corrected chi connectivity index (χ0v) is 20.1. The van der Waals surface area contributed by atoms with Gasteiger partial charge >= 0.3 is 0 Å². The summed E-state index contributed by atoms with van der Waals surface area (Å²) in [6.45, 7) is 0. The number of aromatic nitrogens is 1. The Kier molecular flexibility index (Phi) is 7.50. The van der Waals surface area contributed by atoms with Crippen LogP contribution in [0.2, 0.25) is 0 Å². The second kappa shape index (κ2) is 10.7. The van der Waals surface area contributed by atoms with Crippen LogP contribution in [-0.4, -0.2) is 32.2 Å². The molecule has 1 aliphatic carbocycles. The van der Waals surface area contributed by atoms with Crippen LogP contribution < -0.4 is 19.5 Å². The Morgan fingerprint density at radius 1 is 1.03 bits per heavy atom. The van der Waals surface area contributed by atoms with Crippen LogP contribution >= 0.6 is 11.3 Å². The third kappa shape index (κ3) is 5.47. The van der Waals surface area contributed by atoms with Crippen molar-refractivity contribution < 1.29 is 19.0 Å². The lowest BCUT2D eigenvalue weighted by atomic mass is 9.91. The minimum absolute atomic E-state index is 0.0912. The molecule has 33 heavy (non-hydrogen) atoms. The molecule has 1 N–H and O–H groups in total. The highest BCUT2D eigenvalue weighted by Crippen LogP contribution is 2.39. The molecule has 1 unspecified atom stereocenters. The minimum Gasteiger partial charge on any atom is -0.497 e. The van der Waals surface area contributed by atoms with Crippen LogP contribution in [-0.2, 0) is 6.42 Å². The molecule has 0 spiro atoms. The highest BCUT2D eigenvalue weighted by atomic mass is 32.1. The molecule has 1 amide bonds. The number of nitrogens with zero attached hydrogens (tertiary/aromatic N) is 1. The van der Waals surface area contributed by atoms with Crippen LogP contribution in [0.5, 0.6) is 17.2 Å². The van der Waals surface area contributed by atoms with Crippen molar-refractivity contribution in [3.63, 3.8) is 0 Å². The molecule has 1 aliphatic rings. The zero-order chi connectivity index (χ0) is 23.2. The molecular weight excluding hydrogens is 436 g/mol. The first-order valence-corrected chi connectivity index (χ1v) is 12.1. The molecule has 0 aliphatic heterocycles. The topological polar surface area (TPSA) is 69.7 Å². The highest BCUT2D eigenvalue weighted by molar-refractivity contribution is 7.09. The summed E-state index contributed by atoms with van der Waals surface area (Å²) in [5.74, 6) is 2.43. The summed E-state index contributed by atoms with van der Waals surface area (Å²) in [7, 11) is 4.91. The van der Waals surface area contributed by atoms with Crippen molar-refractivity contribution >= 4 is 17.2 Å². The van der Waals surface area contributed by atoms with E-state index in [0.29, 0.717) is 29.5 Å². The molecule has 0 bridgehead atoms. The Bertz CT molecular complexity index is 1070. The van der Waals surface area contributed by atoms with E-state index in [1.165, 1.54) is 24.2 Å². The maximum Gasteiger partial charge on any atom is 0.271 e. The lowest BCUT2D eigenvalue weighted by molar-refractivity contribution is 0.0917. The monoisotopic (exact) mass is 466 g/mol. The van der Waals surface area contributed by atoms with Gasteiger partial charge in [-0.15, -0.1) is 11.3 Å². The van der Waals surface area contributed by atoms with Gasteiger partial charge in [-0.3, -0.25) is 4.79 Å². The molecule has 1 saturated carbocycles. The number of carbonyl (C=O) groups excluding carboxylic acids is 1. The van der Waals surface area contributed by atoms with E-state index >= 15 is 0 Å². The van der Waals surface area contributed by atoms with E-state index in [1.54, 1.807) is 21.3 Å². The second-order valence-corrected chi connectivity index (χ2v) is 9.20. The lowest BCUT2D eigenvalue weighted by Gasteiger charge is -2.25. The van der Waals surface area contributed by atoms with E-state index in [2.05, 4.69) is 10.3 Å². The average molecular weight is 467 g/mol. The van der Waals surface area contributed by atoms with Gasteiger partial charge in [0.1, 0.15) is 11.4 Å². The molecule has 2 aromatic carbocycles. The van der Waals surface area contributed by atoms with Gasteiger partial charge in [-0.1, -0.05) is 31.0 Å². The second-order valence-electron chi connectivity index (χ2n) is 8.26. The van der Waals surface area contributed by atoms with E-state index < -0.39 is 0 Å². The summed E-state index contributed by atoms with van der Waals surface area (Å²) in [5, 5.41) is 6.02. The van der Waals surface area contributed by atoms with E-state index in [1.807, 2.05) is 47.8 Å². The Balaban J connectivity index is 1.50. The number of hydrogen-bond donors (Lipinski definition) is 1. The van der Waals surface area contributed by atoms with Gasteiger partial charge in [-0.2, -0.15) is 0 Å². The average Bonchev–Trinajstić information content (AvgIpc) is 3.55. The molecule has 174 valence electrons. The van der Waals surface area contributed by atoms with Gasteiger partial charge in [-0.05, 0) is 54.2 Å². The zero-order valence-electron chi connectivity index (χ0n) is 19.3. The maximum absolute atomic E-state index is 13.2. The molecule has 1 fully saturated rings. The fraction of sp³-hybridized carbons (Fsp3) is 0.385. The Morgan fingerprint density at radius 2 is 1.76 bits per heavy atom. The normalized spacial score (nSPS) is 14.6. The molecule has 1 atom stereocenters. The van der Waals surface area contributed by atoms with E-state index in [4.69, 9.17) is 14.2 Å². The summed E-state index contributed by atoms with van der Waals surface area (Å²) in [5.41, 5.74) is 2.62. The SMILES string of the molecule is COc1ccc(Cc2nc(C(=O)NC(c3ccc(OC)c(OC)c3)C3CCCC3)cs2)cc1. The fourth-order valence-corrected chi connectivity index (χ4v) is 5.25. The Morgan fingerprint density at radius 3 is 2.42 bits per heavy atom. The van der Waals surface area contributed by atoms with Crippen molar-refractivity contribution in [2.24, 2.45) is 5.92 Å². The standard InChI is InChI=1S/C26H30N2O4S/c1-30-20-11-8-17(9-12-20)14-24-27-21(16-33-24)26(29)28-25(18-6-4-5-7-18)19-10-13-22(31-2)23(15-19)32-3/h8-13,15-16,18,25H,4-7,14H2,1-3H3,(H,28,29). The molecule has 7 heteroatoms. The van der Waals surface area contributed by atoms with Crippen molar-refractivity contribution in [2.45, 2.75) is 38.1 Å².